The number of aryl methyl sites for hydroxylation is 1. The molecule has 2 atom stereocenters. The summed E-state index contributed by atoms with van der Waals surface area (Å²) in [5, 5.41) is 13.3. The van der Waals surface area contributed by atoms with Crippen molar-refractivity contribution in [2.24, 2.45) is 0 Å². The van der Waals surface area contributed by atoms with Gasteiger partial charge in [-0.2, -0.15) is 4.98 Å². The number of methoxy groups -OCH3 is 1. The van der Waals surface area contributed by atoms with E-state index < -0.39 is 12.1 Å². The van der Waals surface area contributed by atoms with E-state index in [1.54, 1.807) is 11.8 Å². The topological polar surface area (TPSA) is 88.7 Å². The highest BCUT2D eigenvalue weighted by molar-refractivity contribution is 5.76. The van der Waals surface area contributed by atoms with Crippen molar-refractivity contribution in [3.8, 4) is 0 Å². The SMILES string of the molecule is COC(=O)C1CC(O)CN1Cc1noc(C)n1. The van der Waals surface area contributed by atoms with Gasteiger partial charge in [0.05, 0.1) is 19.8 Å². The maximum atomic E-state index is 11.5. The van der Waals surface area contributed by atoms with Gasteiger partial charge >= 0.3 is 5.97 Å². The number of carbonyl (C=O) groups is 1. The molecule has 7 heteroatoms. The predicted octanol–water partition coefficient (Wildman–Crippen LogP) is -0.514. The Labute approximate surface area is 98.4 Å². The molecule has 2 rings (SSSR count). The van der Waals surface area contributed by atoms with Gasteiger partial charge in [0.2, 0.25) is 5.89 Å². The third kappa shape index (κ3) is 2.62. The van der Waals surface area contributed by atoms with Crippen LogP contribution in [0.1, 0.15) is 18.1 Å². The Morgan fingerprint density at radius 3 is 3.06 bits per heavy atom. The van der Waals surface area contributed by atoms with Gasteiger partial charge in [0.15, 0.2) is 5.82 Å². The molecule has 1 saturated heterocycles. The van der Waals surface area contributed by atoms with E-state index >= 15 is 0 Å². The predicted molar refractivity (Wildman–Crippen MR) is 55.9 cm³/mol. The molecular formula is C10H15N3O4. The molecule has 1 aliphatic rings. The minimum atomic E-state index is -0.521. The van der Waals surface area contributed by atoms with Gasteiger partial charge in [-0.05, 0) is 0 Å². The van der Waals surface area contributed by atoms with E-state index in [1.165, 1.54) is 7.11 Å². The largest absolute Gasteiger partial charge is 0.468 e. The molecule has 1 fully saturated rings. The van der Waals surface area contributed by atoms with Gasteiger partial charge < -0.3 is 14.4 Å². The molecule has 0 spiro atoms. The summed E-state index contributed by atoms with van der Waals surface area (Å²) in [7, 11) is 1.34. The molecule has 2 heterocycles. The average molecular weight is 241 g/mol. The molecule has 0 aliphatic carbocycles. The van der Waals surface area contributed by atoms with Gasteiger partial charge in [-0.3, -0.25) is 9.69 Å². The molecule has 2 unspecified atom stereocenters. The number of hydrogen-bond donors (Lipinski definition) is 1. The van der Waals surface area contributed by atoms with Gasteiger partial charge in [-0.1, -0.05) is 5.16 Å². The Morgan fingerprint density at radius 1 is 1.71 bits per heavy atom. The van der Waals surface area contributed by atoms with Crippen LogP contribution in [0.2, 0.25) is 0 Å². The molecule has 1 aromatic heterocycles. The van der Waals surface area contributed by atoms with Gasteiger partial charge in [0.25, 0.3) is 0 Å². The van der Waals surface area contributed by atoms with Gasteiger partial charge in [0, 0.05) is 19.9 Å². The number of likely N-dealkylation sites (tertiary alicyclic amines) is 1. The first-order chi connectivity index (χ1) is 8.10. The quantitative estimate of drug-likeness (QED) is 0.712. The summed E-state index contributed by atoms with van der Waals surface area (Å²) >= 11 is 0. The van der Waals surface area contributed by atoms with Crippen LogP contribution in [0.15, 0.2) is 4.52 Å². The van der Waals surface area contributed by atoms with Crippen LogP contribution in [-0.4, -0.2) is 51.9 Å². The van der Waals surface area contributed by atoms with Crippen molar-refractivity contribution >= 4 is 5.97 Å². The molecule has 7 nitrogen and oxygen atoms in total. The van der Waals surface area contributed by atoms with Crippen molar-refractivity contribution in [3.63, 3.8) is 0 Å². The van der Waals surface area contributed by atoms with Gasteiger partial charge in [-0.25, -0.2) is 0 Å². The fourth-order valence-corrected chi connectivity index (χ4v) is 2.02. The third-order valence-electron chi connectivity index (χ3n) is 2.77. The maximum Gasteiger partial charge on any atom is 0.323 e. The highest BCUT2D eigenvalue weighted by Gasteiger charge is 2.37. The van der Waals surface area contributed by atoms with Crippen LogP contribution < -0.4 is 0 Å². The van der Waals surface area contributed by atoms with E-state index in [9.17, 15) is 9.90 Å². The summed E-state index contributed by atoms with van der Waals surface area (Å²) in [6.07, 6.45) is -0.143. The normalized spacial score (nSPS) is 25.1. The van der Waals surface area contributed by atoms with Crippen LogP contribution >= 0.6 is 0 Å². The standard InChI is InChI=1S/C10H15N3O4/c1-6-11-9(12-17-6)5-13-4-7(14)3-8(13)10(15)16-2/h7-8,14H,3-5H2,1-2H3. The number of hydrogen-bond acceptors (Lipinski definition) is 7. The molecular weight excluding hydrogens is 226 g/mol. The fourth-order valence-electron chi connectivity index (χ4n) is 2.02. The Hall–Kier alpha value is -1.47. The third-order valence-corrected chi connectivity index (χ3v) is 2.77. The van der Waals surface area contributed by atoms with E-state index in [-0.39, 0.29) is 5.97 Å². The van der Waals surface area contributed by atoms with Gasteiger partial charge in [-0.15, -0.1) is 0 Å². The molecule has 1 aromatic rings. The fraction of sp³-hybridized carbons (Fsp3) is 0.700. The number of ether oxygens (including phenoxy) is 1. The molecule has 0 saturated carbocycles. The van der Waals surface area contributed by atoms with E-state index in [4.69, 9.17) is 9.26 Å². The van der Waals surface area contributed by atoms with Crippen molar-refractivity contribution in [2.75, 3.05) is 13.7 Å². The number of carbonyl (C=O) groups excluding carboxylic acids is 1. The van der Waals surface area contributed by atoms with Crippen LogP contribution in [0.4, 0.5) is 0 Å². The van der Waals surface area contributed by atoms with Crippen LogP contribution in [-0.2, 0) is 16.1 Å². The maximum absolute atomic E-state index is 11.5. The first-order valence-electron chi connectivity index (χ1n) is 5.39. The number of nitrogens with zero attached hydrogens (tertiary/aromatic N) is 3. The Balaban J connectivity index is 2.05. The summed E-state index contributed by atoms with van der Waals surface area (Å²) in [5.74, 6) is 0.640. The minimum Gasteiger partial charge on any atom is -0.468 e. The second-order valence-electron chi connectivity index (χ2n) is 4.09. The molecule has 0 amide bonds. The number of esters is 1. The highest BCUT2D eigenvalue weighted by atomic mass is 16.5. The second kappa shape index (κ2) is 4.80. The van der Waals surface area contributed by atoms with Crippen molar-refractivity contribution < 1.29 is 19.2 Å². The Kier molecular flexibility index (Phi) is 3.39. The zero-order valence-corrected chi connectivity index (χ0v) is 9.79. The van der Waals surface area contributed by atoms with Crippen LogP contribution in [0, 0.1) is 6.92 Å². The lowest BCUT2D eigenvalue weighted by Gasteiger charge is -2.19. The van der Waals surface area contributed by atoms with Crippen molar-refractivity contribution in [3.05, 3.63) is 11.7 Å². The zero-order chi connectivity index (χ0) is 12.4. The molecule has 1 aliphatic heterocycles. The number of aromatic nitrogens is 2. The Bertz CT molecular complexity index is 406. The lowest BCUT2D eigenvalue weighted by Crippen LogP contribution is -2.36. The molecule has 0 radical (unpaired) electrons. The second-order valence-corrected chi connectivity index (χ2v) is 4.09. The summed E-state index contributed by atoms with van der Waals surface area (Å²) in [4.78, 5) is 17.4. The number of aliphatic hydroxyl groups excluding tert-OH is 1. The summed E-state index contributed by atoms with van der Waals surface area (Å²) in [5.41, 5.74) is 0. The monoisotopic (exact) mass is 241 g/mol. The smallest absolute Gasteiger partial charge is 0.323 e. The van der Waals surface area contributed by atoms with Gasteiger partial charge in [0.1, 0.15) is 6.04 Å². The van der Waals surface area contributed by atoms with Crippen LogP contribution in [0.3, 0.4) is 0 Å². The number of rotatable bonds is 3. The van der Waals surface area contributed by atoms with Crippen LogP contribution in [0.25, 0.3) is 0 Å². The molecule has 17 heavy (non-hydrogen) atoms. The van der Waals surface area contributed by atoms with Crippen LogP contribution in [0.5, 0.6) is 0 Å². The number of aliphatic hydroxyl groups is 1. The van der Waals surface area contributed by atoms with Crippen molar-refractivity contribution in [2.45, 2.75) is 32.0 Å². The Morgan fingerprint density at radius 2 is 2.47 bits per heavy atom. The van der Waals surface area contributed by atoms with E-state index in [1.807, 2.05) is 0 Å². The van der Waals surface area contributed by atoms with E-state index in [2.05, 4.69) is 10.1 Å². The number of β-amino-alcohol motifs (C(OH)–C–C–N with tert-alkyl or cyclic N) is 1. The minimum absolute atomic E-state index is 0.346. The molecule has 94 valence electrons. The summed E-state index contributed by atoms with van der Waals surface area (Å²) in [6.45, 7) is 2.48. The lowest BCUT2D eigenvalue weighted by atomic mass is 10.2. The molecule has 1 N–H and O–H groups in total. The lowest BCUT2D eigenvalue weighted by molar-refractivity contribution is -0.146. The van der Waals surface area contributed by atoms with Crippen molar-refractivity contribution in [1.82, 2.24) is 15.0 Å². The zero-order valence-electron chi connectivity index (χ0n) is 9.79. The van der Waals surface area contributed by atoms with Crippen molar-refractivity contribution in [1.29, 1.82) is 0 Å². The highest BCUT2D eigenvalue weighted by Crippen LogP contribution is 2.20. The summed E-state index contributed by atoms with van der Waals surface area (Å²) in [6, 6.07) is -0.436. The van der Waals surface area contributed by atoms with E-state index in [0.717, 1.165) is 0 Å². The van der Waals surface area contributed by atoms with E-state index in [0.29, 0.717) is 31.2 Å². The average Bonchev–Trinajstić information content (AvgIpc) is 2.85. The molecule has 0 bridgehead atoms. The first kappa shape index (κ1) is 12.0. The first-order valence-corrected chi connectivity index (χ1v) is 5.39. The summed E-state index contributed by atoms with van der Waals surface area (Å²) < 4.78 is 9.56. The molecule has 0 aromatic carbocycles.